The van der Waals surface area contributed by atoms with Crippen molar-refractivity contribution in [3.8, 4) is 0 Å². The number of anilines is 1. The molecule has 3 fully saturated rings. The van der Waals surface area contributed by atoms with Crippen LogP contribution in [0, 0.1) is 5.82 Å². The highest BCUT2D eigenvalue weighted by Crippen LogP contribution is 2.34. The topological polar surface area (TPSA) is 91.0 Å². The van der Waals surface area contributed by atoms with Crippen molar-refractivity contribution in [2.45, 2.75) is 82.6 Å². The zero-order valence-corrected chi connectivity index (χ0v) is 21.2. The number of ether oxygens (including phenoxy) is 1. The molecule has 8 nitrogen and oxygen atoms in total. The summed E-state index contributed by atoms with van der Waals surface area (Å²) in [6.07, 6.45) is 0.970. The van der Waals surface area contributed by atoms with Crippen molar-refractivity contribution in [3.05, 3.63) is 29.6 Å². The van der Waals surface area contributed by atoms with E-state index in [0.717, 1.165) is 12.8 Å². The lowest BCUT2D eigenvalue weighted by Crippen LogP contribution is -2.55. The second kappa shape index (κ2) is 10.7. The van der Waals surface area contributed by atoms with Crippen LogP contribution in [0.1, 0.15) is 64.4 Å². The molecule has 198 valence electrons. The Bertz CT molecular complexity index is 991. The highest BCUT2D eigenvalue weighted by Gasteiger charge is 2.38. The van der Waals surface area contributed by atoms with Gasteiger partial charge in [-0.05, 0) is 83.2 Å². The number of hydrogen-bond acceptors (Lipinski definition) is 6. The zero-order chi connectivity index (χ0) is 26.0. The fourth-order valence-electron chi connectivity index (χ4n) is 5.32. The van der Waals surface area contributed by atoms with E-state index in [-0.39, 0.29) is 36.6 Å². The molecular formula is C26H36F2N4O4. The lowest BCUT2D eigenvalue weighted by Gasteiger charge is -2.43. The van der Waals surface area contributed by atoms with E-state index in [1.54, 1.807) is 32.9 Å². The maximum Gasteiger partial charge on any atom is 0.410 e. The van der Waals surface area contributed by atoms with Gasteiger partial charge in [0.15, 0.2) is 0 Å². The maximum atomic E-state index is 15.0. The van der Waals surface area contributed by atoms with Crippen molar-refractivity contribution in [2.24, 2.45) is 0 Å². The number of carbonyl (C=O) groups is 3. The molecule has 3 atom stereocenters. The quantitative estimate of drug-likeness (QED) is 0.607. The summed E-state index contributed by atoms with van der Waals surface area (Å²) < 4.78 is 35.4. The molecule has 36 heavy (non-hydrogen) atoms. The van der Waals surface area contributed by atoms with Gasteiger partial charge in [-0.2, -0.15) is 0 Å². The number of carbonyl (C=O) groups excluding carboxylic acids is 3. The molecule has 3 saturated heterocycles. The molecule has 10 heteroatoms. The first-order chi connectivity index (χ1) is 17.0. The van der Waals surface area contributed by atoms with Gasteiger partial charge in [0.1, 0.15) is 23.6 Å². The predicted octanol–water partition coefficient (Wildman–Crippen LogP) is 3.57. The minimum absolute atomic E-state index is 0.0236. The highest BCUT2D eigenvalue weighted by atomic mass is 19.1. The number of nitrogens with zero attached hydrogens (tertiary/aromatic N) is 2. The molecule has 0 aliphatic carbocycles. The summed E-state index contributed by atoms with van der Waals surface area (Å²) in [5.74, 6) is -0.990. The standard InChI is InChI=1S/C26H36F2N4O4/c1-26(2,3)36-25(35)32-13-10-22(20(28)15-32)31-11-8-16(9-12-31)18-5-4-17(14-19(18)27)29-21-6-7-23(33)30-24(21)34/h4-5,14,16,20-22,29H,6-13,15H2,1-3H3,(H,30,33,34). The minimum Gasteiger partial charge on any atom is -0.444 e. The summed E-state index contributed by atoms with van der Waals surface area (Å²) >= 11 is 0. The lowest BCUT2D eigenvalue weighted by molar-refractivity contribution is -0.133. The summed E-state index contributed by atoms with van der Waals surface area (Å²) in [6, 6.07) is 4.09. The van der Waals surface area contributed by atoms with E-state index < -0.39 is 29.8 Å². The highest BCUT2D eigenvalue weighted by molar-refractivity contribution is 6.01. The van der Waals surface area contributed by atoms with Gasteiger partial charge in [0, 0.05) is 24.7 Å². The first-order valence-corrected chi connectivity index (χ1v) is 12.8. The fraction of sp³-hybridized carbons (Fsp3) is 0.654. The Balaban J connectivity index is 1.29. The van der Waals surface area contributed by atoms with Crippen LogP contribution in [0.5, 0.6) is 0 Å². The Labute approximate surface area is 210 Å². The van der Waals surface area contributed by atoms with Crippen molar-refractivity contribution >= 4 is 23.6 Å². The first kappa shape index (κ1) is 26.3. The van der Waals surface area contributed by atoms with Crippen LogP contribution in [0.2, 0.25) is 0 Å². The average molecular weight is 507 g/mol. The fourth-order valence-corrected chi connectivity index (χ4v) is 5.32. The molecular weight excluding hydrogens is 470 g/mol. The van der Waals surface area contributed by atoms with Gasteiger partial charge in [0.2, 0.25) is 11.8 Å². The van der Waals surface area contributed by atoms with Gasteiger partial charge < -0.3 is 15.0 Å². The molecule has 1 aromatic carbocycles. The predicted molar refractivity (Wildman–Crippen MR) is 131 cm³/mol. The molecule has 0 bridgehead atoms. The molecule has 0 spiro atoms. The molecule has 3 amide bonds. The van der Waals surface area contributed by atoms with Crippen LogP contribution in [-0.2, 0) is 14.3 Å². The Morgan fingerprint density at radius 1 is 1.11 bits per heavy atom. The largest absolute Gasteiger partial charge is 0.444 e. The average Bonchev–Trinajstić information content (AvgIpc) is 2.80. The second-order valence-electron chi connectivity index (χ2n) is 11.0. The molecule has 3 aliphatic heterocycles. The van der Waals surface area contributed by atoms with Crippen molar-refractivity contribution in [3.63, 3.8) is 0 Å². The molecule has 3 aliphatic rings. The first-order valence-electron chi connectivity index (χ1n) is 12.8. The SMILES string of the molecule is CC(C)(C)OC(=O)N1CCC(N2CCC(c3ccc(NC4CCC(=O)NC4=O)cc3F)CC2)C(F)C1. The van der Waals surface area contributed by atoms with E-state index in [1.165, 1.54) is 11.0 Å². The number of amides is 3. The van der Waals surface area contributed by atoms with E-state index in [1.807, 2.05) is 0 Å². The monoisotopic (exact) mass is 506 g/mol. The number of halogens is 2. The number of likely N-dealkylation sites (tertiary alicyclic amines) is 2. The van der Waals surface area contributed by atoms with Crippen LogP contribution in [0.3, 0.4) is 0 Å². The normalized spacial score (nSPS) is 26.5. The van der Waals surface area contributed by atoms with Crippen molar-refractivity contribution in [1.82, 2.24) is 15.1 Å². The summed E-state index contributed by atoms with van der Waals surface area (Å²) in [5, 5.41) is 5.30. The van der Waals surface area contributed by atoms with Gasteiger partial charge in [0.05, 0.1) is 6.54 Å². The van der Waals surface area contributed by atoms with E-state index in [4.69, 9.17) is 4.74 Å². The van der Waals surface area contributed by atoms with Crippen LogP contribution < -0.4 is 10.6 Å². The molecule has 0 aromatic heterocycles. The Morgan fingerprint density at radius 2 is 1.83 bits per heavy atom. The van der Waals surface area contributed by atoms with Crippen LogP contribution in [0.15, 0.2) is 18.2 Å². The van der Waals surface area contributed by atoms with E-state index in [2.05, 4.69) is 15.5 Å². The summed E-state index contributed by atoms with van der Waals surface area (Å²) in [6.45, 7) is 7.18. The number of imide groups is 1. The van der Waals surface area contributed by atoms with E-state index in [0.29, 0.717) is 43.7 Å². The van der Waals surface area contributed by atoms with Gasteiger partial charge >= 0.3 is 6.09 Å². The molecule has 4 rings (SSSR count). The van der Waals surface area contributed by atoms with Gasteiger partial charge in [-0.25, -0.2) is 13.6 Å². The Kier molecular flexibility index (Phi) is 7.82. The van der Waals surface area contributed by atoms with E-state index >= 15 is 4.39 Å². The Hall–Kier alpha value is -2.75. The number of nitrogens with one attached hydrogen (secondary N) is 2. The summed E-state index contributed by atoms with van der Waals surface area (Å²) in [4.78, 5) is 39.1. The third-order valence-corrected chi connectivity index (χ3v) is 7.18. The summed E-state index contributed by atoms with van der Waals surface area (Å²) in [5.41, 5.74) is 0.510. The van der Waals surface area contributed by atoms with Crippen molar-refractivity contribution in [2.75, 3.05) is 31.5 Å². The number of benzene rings is 1. The smallest absolute Gasteiger partial charge is 0.410 e. The van der Waals surface area contributed by atoms with Crippen LogP contribution in [0.4, 0.5) is 19.3 Å². The number of rotatable bonds is 4. The zero-order valence-electron chi connectivity index (χ0n) is 21.2. The van der Waals surface area contributed by atoms with Gasteiger partial charge in [0.25, 0.3) is 0 Å². The molecule has 1 aromatic rings. The molecule has 0 saturated carbocycles. The maximum absolute atomic E-state index is 15.0. The van der Waals surface area contributed by atoms with Gasteiger partial charge in [-0.3, -0.25) is 19.8 Å². The van der Waals surface area contributed by atoms with Crippen LogP contribution in [-0.4, -0.2) is 77.7 Å². The minimum atomic E-state index is -1.16. The molecule has 3 unspecified atom stereocenters. The Morgan fingerprint density at radius 3 is 2.44 bits per heavy atom. The number of hydrogen-bond donors (Lipinski definition) is 2. The third-order valence-electron chi connectivity index (χ3n) is 7.18. The van der Waals surface area contributed by atoms with Gasteiger partial charge in [-0.1, -0.05) is 6.07 Å². The number of piperidine rings is 3. The van der Waals surface area contributed by atoms with Crippen LogP contribution >= 0.6 is 0 Å². The van der Waals surface area contributed by atoms with Gasteiger partial charge in [-0.15, -0.1) is 0 Å². The lowest BCUT2D eigenvalue weighted by atomic mass is 9.87. The third kappa shape index (κ3) is 6.32. The second-order valence-corrected chi connectivity index (χ2v) is 11.0. The van der Waals surface area contributed by atoms with E-state index in [9.17, 15) is 18.8 Å². The molecule has 3 heterocycles. The van der Waals surface area contributed by atoms with Crippen LogP contribution in [0.25, 0.3) is 0 Å². The molecule has 0 radical (unpaired) electrons. The molecule has 2 N–H and O–H groups in total. The summed E-state index contributed by atoms with van der Waals surface area (Å²) in [7, 11) is 0. The van der Waals surface area contributed by atoms with Crippen molar-refractivity contribution < 1.29 is 27.9 Å². The van der Waals surface area contributed by atoms with Crippen molar-refractivity contribution in [1.29, 1.82) is 0 Å². The number of alkyl halides is 1.